The zero-order valence-electron chi connectivity index (χ0n) is 11.4. The molecule has 0 bridgehead atoms. The van der Waals surface area contributed by atoms with Gasteiger partial charge in [0.25, 0.3) is 0 Å². The predicted octanol–water partition coefficient (Wildman–Crippen LogP) is 2.49. The number of piperidine rings is 1. The standard InChI is InChI=1S/C14H28N2/c1-10-7-11(2)12(3)16(9-10)14-6-5-13(8-14)15-4/h10-15H,5-9H2,1-4H3. The Morgan fingerprint density at radius 1 is 1.06 bits per heavy atom. The van der Waals surface area contributed by atoms with Crippen LogP contribution in [-0.2, 0) is 0 Å². The molecule has 1 heterocycles. The molecule has 1 N–H and O–H groups in total. The van der Waals surface area contributed by atoms with Crippen LogP contribution in [0, 0.1) is 11.8 Å². The minimum atomic E-state index is 0.768. The average Bonchev–Trinajstić information content (AvgIpc) is 2.71. The lowest BCUT2D eigenvalue weighted by atomic mass is 9.85. The van der Waals surface area contributed by atoms with E-state index in [9.17, 15) is 0 Å². The molecule has 16 heavy (non-hydrogen) atoms. The van der Waals surface area contributed by atoms with Crippen LogP contribution < -0.4 is 5.32 Å². The van der Waals surface area contributed by atoms with Gasteiger partial charge in [-0.2, -0.15) is 0 Å². The van der Waals surface area contributed by atoms with Crippen LogP contribution in [0.4, 0.5) is 0 Å². The zero-order valence-corrected chi connectivity index (χ0v) is 11.4. The molecule has 0 aromatic rings. The molecule has 94 valence electrons. The maximum Gasteiger partial charge on any atom is 0.0114 e. The van der Waals surface area contributed by atoms with E-state index >= 15 is 0 Å². The van der Waals surface area contributed by atoms with Gasteiger partial charge < -0.3 is 5.32 Å². The summed E-state index contributed by atoms with van der Waals surface area (Å²) in [5.41, 5.74) is 0. The fourth-order valence-electron chi connectivity index (χ4n) is 3.76. The Kier molecular flexibility index (Phi) is 3.91. The molecule has 0 amide bonds. The van der Waals surface area contributed by atoms with Gasteiger partial charge in [-0.05, 0) is 51.5 Å². The van der Waals surface area contributed by atoms with Gasteiger partial charge in [0, 0.05) is 24.7 Å². The molecule has 0 aromatic carbocycles. The number of hydrogen-bond acceptors (Lipinski definition) is 2. The first-order chi connectivity index (χ1) is 7.61. The lowest BCUT2D eigenvalue weighted by Gasteiger charge is -2.44. The molecule has 2 rings (SSSR count). The number of rotatable bonds is 2. The molecular weight excluding hydrogens is 196 g/mol. The first-order valence-corrected chi connectivity index (χ1v) is 7.04. The minimum Gasteiger partial charge on any atom is -0.317 e. The van der Waals surface area contributed by atoms with Crippen molar-refractivity contribution in [3.8, 4) is 0 Å². The smallest absolute Gasteiger partial charge is 0.0114 e. The Hall–Kier alpha value is -0.0800. The quantitative estimate of drug-likeness (QED) is 0.775. The fraction of sp³-hybridized carbons (Fsp3) is 1.00. The average molecular weight is 224 g/mol. The van der Waals surface area contributed by atoms with E-state index in [0.29, 0.717) is 0 Å². The van der Waals surface area contributed by atoms with Crippen LogP contribution in [0.2, 0.25) is 0 Å². The largest absolute Gasteiger partial charge is 0.317 e. The summed E-state index contributed by atoms with van der Waals surface area (Å²) in [7, 11) is 2.11. The summed E-state index contributed by atoms with van der Waals surface area (Å²) in [5.74, 6) is 1.76. The molecular formula is C14H28N2. The molecule has 2 nitrogen and oxygen atoms in total. The van der Waals surface area contributed by atoms with Crippen LogP contribution in [-0.4, -0.2) is 36.6 Å². The van der Waals surface area contributed by atoms with E-state index in [1.807, 2.05) is 0 Å². The van der Waals surface area contributed by atoms with Crippen molar-refractivity contribution in [3.05, 3.63) is 0 Å². The van der Waals surface area contributed by atoms with Crippen molar-refractivity contribution >= 4 is 0 Å². The molecule has 1 saturated heterocycles. The topological polar surface area (TPSA) is 15.3 Å². The van der Waals surface area contributed by atoms with Crippen LogP contribution in [0.3, 0.4) is 0 Å². The maximum absolute atomic E-state index is 3.44. The lowest BCUT2D eigenvalue weighted by Crippen LogP contribution is -2.50. The predicted molar refractivity (Wildman–Crippen MR) is 69.6 cm³/mol. The van der Waals surface area contributed by atoms with Crippen molar-refractivity contribution in [1.82, 2.24) is 10.2 Å². The third kappa shape index (κ3) is 2.43. The Morgan fingerprint density at radius 3 is 2.44 bits per heavy atom. The van der Waals surface area contributed by atoms with Crippen LogP contribution in [0.5, 0.6) is 0 Å². The van der Waals surface area contributed by atoms with Crippen LogP contribution in [0.1, 0.15) is 46.5 Å². The molecule has 1 saturated carbocycles. The minimum absolute atomic E-state index is 0.768. The van der Waals surface area contributed by atoms with Gasteiger partial charge in [0.1, 0.15) is 0 Å². The van der Waals surface area contributed by atoms with E-state index in [4.69, 9.17) is 0 Å². The van der Waals surface area contributed by atoms with Crippen molar-refractivity contribution in [1.29, 1.82) is 0 Å². The second kappa shape index (κ2) is 5.05. The number of hydrogen-bond donors (Lipinski definition) is 1. The van der Waals surface area contributed by atoms with Gasteiger partial charge in [0.2, 0.25) is 0 Å². The SMILES string of the molecule is CNC1CCC(N2CC(C)CC(C)C2C)C1. The van der Waals surface area contributed by atoms with Crippen LogP contribution in [0.25, 0.3) is 0 Å². The van der Waals surface area contributed by atoms with Crippen molar-refractivity contribution < 1.29 is 0 Å². The highest BCUT2D eigenvalue weighted by Gasteiger charge is 2.36. The number of nitrogens with one attached hydrogen (secondary N) is 1. The molecule has 1 aliphatic heterocycles. The molecule has 0 spiro atoms. The van der Waals surface area contributed by atoms with E-state index in [2.05, 4.69) is 38.0 Å². The highest BCUT2D eigenvalue weighted by atomic mass is 15.2. The first-order valence-electron chi connectivity index (χ1n) is 7.04. The molecule has 2 aliphatic rings. The van der Waals surface area contributed by atoms with Gasteiger partial charge in [-0.25, -0.2) is 0 Å². The molecule has 5 atom stereocenters. The number of likely N-dealkylation sites (tertiary alicyclic amines) is 1. The first kappa shape index (κ1) is 12.4. The van der Waals surface area contributed by atoms with Crippen LogP contribution in [0.15, 0.2) is 0 Å². The van der Waals surface area contributed by atoms with Crippen molar-refractivity contribution in [2.75, 3.05) is 13.6 Å². The van der Waals surface area contributed by atoms with Gasteiger partial charge in [-0.3, -0.25) is 4.90 Å². The summed E-state index contributed by atoms with van der Waals surface area (Å²) < 4.78 is 0. The Labute approximate surface area is 101 Å². The zero-order chi connectivity index (χ0) is 11.7. The Bertz CT molecular complexity index is 229. The second-order valence-corrected chi connectivity index (χ2v) is 6.21. The monoisotopic (exact) mass is 224 g/mol. The van der Waals surface area contributed by atoms with Crippen molar-refractivity contribution in [2.45, 2.75) is 64.6 Å². The highest BCUT2D eigenvalue weighted by molar-refractivity contribution is 4.92. The van der Waals surface area contributed by atoms with Gasteiger partial charge >= 0.3 is 0 Å². The van der Waals surface area contributed by atoms with Gasteiger partial charge in [0.05, 0.1) is 0 Å². The third-order valence-corrected chi connectivity index (χ3v) is 4.93. The Balaban J connectivity index is 1.97. The van der Waals surface area contributed by atoms with Crippen molar-refractivity contribution in [2.24, 2.45) is 11.8 Å². The maximum atomic E-state index is 3.44. The number of nitrogens with zero attached hydrogens (tertiary/aromatic N) is 1. The van der Waals surface area contributed by atoms with E-state index in [1.54, 1.807) is 0 Å². The molecule has 1 aliphatic carbocycles. The lowest BCUT2D eigenvalue weighted by molar-refractivity contribution is 0.0417. The van der Waals surface area contributed by atoms with E-state index in [0.717, 1.165) is 30.0 Å². The highest BCUT2D eigenvalue weighted by Crippen LogP contribution is 2.33. The molecule has 2 heteroatoms. The molecule has 5 unspecified atom stereocenters. The molecule has 0 aromatic heterocycles. The normalized spacial score (nSPS) is 46.1. The summed E-state index contributed by atoms with van der Waals surface area (Å²) in [4.78, 5) is 2.80. The Morgan fingerprint density at radius 2 is 1.81 bits per heavy atom. The molecule has 2 fully saturated rings. The van der Waals surface area contributed by atoms with Gasteiger partial charge in [0.15, 0.2) is 0 Å². The van der Waals surface area contributed by atoms with Crippen LogP contribution >= 0.6 is 0 Å². The van der Waals surface area contributed by atoms with E-state index in [1.165, 1.54) is 32.2 Å². The van der Waals surface area contributed by atoms with Gasteiger partial charge in [-0.1, -0.05) is 13.8 Å². The van der Waals surface area contributed by atoms with E-state index < -0.39 is 0 Å². The fourth-order valence-corrected chi connectivity index (χ4v) is 3.76. The summed E-state index contributed by atoms with van der Waals surface area (Å²) in [5, 5.41) is 3.44. The summed E-state index contributed by atoms with van der Waals surface area (Å²) in [6, 6.07) is 2.40. The van der Waals surface area contributed by atoms with Crippen molar-refractivity contribution in [3.63, 3.8) is 0 Å². The van der Waals surface area contributed by atoms with Gasteiger partial charge in [-0.15, -0.1) is 0 Å². The van der Waals surface area contributed by atoms with E-state index in [-0.39, 0.29) is 0 Å². The molecule has 0 radical (unpaired) electrons. The summed E-state index contributed by atoms with van der Waals surface area (Å²) >= 11 is 0. The summed E-state index contributed by atoms with van der Waals surface area (Å²) in [6.45, 7) is 8.60. The second-order valence-electron chi connectivity index (χ2n) is 6.21. The third-order valence-electron chi connectivity index (χ3n) is 4.93. The summed E-state index contributed by atoms with van der Waals surface area (Å²) in [6.07, 6.45) is 5.54.